The van der Waals surface area contributed by atoms with Crippen LogP contribution in [0.15, 0.2) is 24.3 Å². The molecule has 100 valence electrons. The average Bonchev–Trinajstić information content (AvgIpc) is 2.75. The zero-order chi connectivity index (χ0) is 13.7. The number of hydrogen-bond acceptors (Lipinski definition) is 2. The number of para-hydroxylation sites is 2. The molecule has 0 bridgehead atoms. The summed E-state index contributed by atoms with van der Waals surface area (Å²) >= 11 is 3.49. The molecule has 3 nitrogen and oxygen atoms in total. The Morgan fingerprint density at radius 1 is 1.37 bits per heavy atom. The van der Waals surface area contributed by atoms with Crippen LogP contribution in [-0.2, 0) is 13.0 Å². The molecule has 0 N–H and O–H groups in total. The van der Waals surface area contributed by atoms with Crippen molar-refractivity contribution in [3.05, 3.63) is 30.1 Å². The molecule has 1 heterocycles. The lowest BCUT2D eigenvalue weighted by Crippen LogP contribution is -2.07. The number of nitrogens with zero attached hydrogens (tertiary/aromatic N) is 3. The number of nitriles is 1. The van der Waals surface area contributed by atoms with Crippen molar-refractivity contribution in [3.8, 4) is 6.07 Å². The molecule has 4 heteroatoms. The lowest BCUT2D eigenvalue weighted by Gasteiger charge is -2.12. The van der Waals surface area contributed by atoms with Crippen molar-refractivity contribution in [2.75, 3.05) is 5.33 Å². The van der Waals surface area contributed by atoms with Gasteiger partial charge in [-0.05, 0) is 30.9 Å². The smallest absolute Gasteiger partial charge is 0.124 e. The third-order valence-corrected chi connectivity index (χ3v) is 3.88. The van der Waals surface area contributed by atoms with Crippen LogP contribution in [0.1, 0.15) is 25.6 Å². The first-order chi connectivity index (χ1) is 9.26. The Kier molecular flexibility index (Phi) is 4.98. The van der Waals surface area contributed by atoms with Crippen LogP contribution in [-0.4, -0.2) is 14.9 Å². The fraction of sp³-hybridized carbons (Fsp3) is 0.467. The maximum Gasteiger partial charge on any atom is 0.124 e. The maximum atomic E-state index is 8.92. The largest absolute Gasteiger partial charge is 0.327 e. The first kappa shape index (κ1) is 14.1. The number of hydrogen-bond donors (Lipinski definition) is 0. The van der Waals surface area contributed by atoms with Gasteiger partial charge in [-0.2, -0.15) is 5.26 Å². The van der Waals surface area contributed by atoms with E-state index < -0.39 is 0 Å². The molecular formula is C15H18BrN3. The van der Waals surface area contributed by atoms with E-state index in [1.807, 2.05) is 18.2 Å². The summed E-state index contributed by atoms with van der Waals surface area (Å²) in [6, 6.07) is 10.3. The fourth-order valence-corrected chi connectivity index (χ4v) is 3.04. The Balaban J connectivity index is 2.24. The van der Waals surface area contributed by atoms with Crippen LogP contribution >= 0.6 is 15.9 Å². The van der Waals surface area contributed by atoms with Gasteiger partial charge in [-0.25, -0.2) is 4.98 Å². The van der Waals surface area contributed by atoms with Crippen LogP contribution in [0.4, 0.5) is 0 Å². The Hall–Kier alpha value is -1.34. The molecule has 0 aliphatic heterocycles. The van der Waals surface area contributed by atoms with Crippen molar-refractivity contribution < 1.29 is 0 Å². The van der Waals surface area contributed by atoms with E-state index in [4.69, 9.17) is 5.26 Å². The van der Waals surface area contributed by atoms with Gasteiger partial charge in [0.25, 0.3) is 0 Å². The minimum atomic E-state index is 0.376. The van der Waals surface area contributed by atoms with Gasteiger partial charge in [-0.3, -0.25) is 0 Å². The second-order valence-corrected chi connectivity index (χ2v) is 5.67. The predicted molar refractivity (Wildman–Crippen MR) is 81.2 cm³/mol. The zero-order valence-electron chi connectivity index (χ0n) is 11.1. The highest BCUT2D eigenvalue weighted by Gasteiger charge is 2.11. The summed E-state index contributed by atoms with van der Waals surface area (Å²) in [7, 11) is 0. The first-order valence-electron chi connectivity index (χ1n) is 6.63. The number of fused-ring (bicyclic) bond motifs is 1. The number of imidazole rings is 1. The minimum absolute atomic E-state index is 0.376. The number of benzene rings is 1. The summed E-state index contributed by atoms with van der Waals surface area (Å²) < 4.78 is 2.20. The summed E-state index contributed by atoms with van der Waals surface area (Å²) in [5.74, 6) is 1.56. The molecule has 1 unspecified atom stereocenters. The third-order valence-electron chi connectivity index (χ3n) is 3.42. The fourth-order valence-electron chi connectivity index (χ4n) is 2.26. The molecule has 2 rings (SSSR count). The average molecular weight is 320 g/mol. The monoisotopic (exact) mass is 319 g/mol. The van der Waals surface area contributed by atoms with E-state index in [1.54, 1.807) is 0 Å². The van der Waals surface area contributed by atoms with E-state index in [9.17, 15) is 0 Å². The van der Waals surface area contributed by atoms with E-state index in [2.05, 4.69) is 44.5 Å². The van der Waals surface area contributed by atoms with Crippen molar-refractivity contribution in [2.24, 2.45) is 5.92 Å². The number of rotatable bonds is 6. The number of aromatic nitrogens is 2. The van der Waals surface area contributed by atoms with Gasteiger partial charge >= 0.3 is 0 Å². The van der Waals surface area contributed by atoms with E-state index in [-0.39, 0.29) is 0 Å². The standard InChI is InChI=1S/C15H18BrN3/c1-12(6-9-16)8-11-19-14-5-3-2-4-13(14)18-15(19)7-10-17/h2-5,12H,6-9,11H2,1H3. The zero-order valence-corrected chi connectivity index (χ0v) is 12.7. The Bertz CT molecular complexity index is 583. The summed E-state index contributed by atoms with van der Waals surface area (Å²) in [6.45, 7) is 3.20. The van der Waals surface area contributed by atoms with Crippen molar-refractivity contribution in [2.45, 2.75) is 32.7 Å². The number of halogens is 1. The number of alkyl halides is 1. The van der Waals surface area contributed by atoms with Crippen LogP contribution in [0.25, 0.3) is 11.0 Å². The summed E-state index contributed by atoms with van der Waals surface area (Å²) in [6.07, 6.45) is 2.67. The summed E-state index contributed by atoms with van der Waals surface area (Å²) in [4.78, 5) is 4.56. The van der Waals surface area contributed by atoms with Gasteiger partial charge in [-0.15, -0.1) is 0 Å². The quantitative estimate of drug-likeness (QED) is 0.757. The lowest BCUT2D eigenvalue weighted by atomic mass is 10.1. The molecular weight excluding hydrogens is 302 g/mol. The third kappa shape index (κ3) is 3.36. The molecule has 0 saturated heterocycles. The van der Waals surface area contributed by atoms with E-state index >= 15 is 0 Å². The van der Waals surface area contributed by atoms with Gasteiger partial charge in [-0.1, -0.05) is 35.0 Å². The molecule has 2 aromatic rings. The molecule has 0 aliphatic rings. The van der Waals surface area contributed by atoms with Gasteiger partial charge in [0.1, 0.15) is 5.82 Å². The summed E-state index contributed by atoms with van der Waals surface area (Å²) in [5.41, 5.74) is 2.12. The molecule has 19 heavy (non-hydrogen) atoms. The molecule has 0 saturated carbocycles. The highest BCUT2D eigenvalue weighted by atomic mass is 79.9. The lowest BCUT2D eigenvalue weighted by molar-refractivity contribution is 0.472. The molecule has 0 amide bonds. The van der Waals surface area contributed by atoms with Gasteiger partial charge in [0.2, 0.25) is 0 Å². The van der Waals surface area contributed by atoms with E-state index in [0.29, 0.717) is 12.3 Å². The molecule has 0 spiro atoms. The molecule has 0 aliphatic carbocycles. The number of aryl methyl sites for hydroxylation is 1. The second kappa shape index (κ2) is 6.72. The van der Waals surface area contributed by atoms with Gasteiger partial charge in [0.15, 0.2) is 0 Å². The van der Waals surface area contributed by atoms with E-state index in [0.717, 1.165) is 35.2 Å². The van der Waals surface area contributed by atoms with Crippen molar-refractivity contribution in [3.63, 3.8) is 0 Å². The Morgan fingerprint density at radius 2 is 2.16 bits per heavy atom. The van der Waals surface area contributed by atoms with Gasteiger partial charge in [0, 0.05) is 11.9 Å². The van der Waals surface area contributed by atoms with Crippen LogP contribution < -0.4 is 0 Å². The van der Waals surface area contributed by atoms with Gasteiger partial charge in [0.05, 0.1) is 23.5 Å². The van der Waals surface area contributed by atoms with E-state index in [1.165, 1.54) is 6.42 Å². The highest BCUT2D eigenvalue weighted by molar-refractivity contribution is 9.09. The van der Waals surface area contributed by atoms with Crippen molar-refractivity contribution in [1.82, 2.24) is 9.55 Å². The molecule has 1 atom stereocenters. The molecule has 1 aromatic heterocycles. The SMILES string of the molecule is CC(CCBr)CCn1c(CC#N)nc2ccccc21. The maximum absolute atomic E-state index is 8.92. The minimum Gasteiger partial charge on any atom is -0.327 e. The molecule has 0 fully saturated rings. The molecule has 1 aromatic carbocycles. The van der Waals surface area contributed by atoms with Crippen molar-refractivity contribution >= 4 is 27.0 Å². The first-order valence-corrected chi connectivity index (χ1v) is 7.75. The second-order valence-electron chi connectivity index (χ2n) is 4.87. The molecule has 0 radical (unpaired) electrons. The van der Waals surface area contributed by atoms with Crippen LogP contribution in [0.2, 0.25) is 0 Å². The Labute approximate surface area is 122 Å². The Morgan fingerprint density at radius 3 is 2.89 bits per heavy atom. The predicted octanol–water partition coefficient (Wildman–Crippen LogP) is 3.91. The van der Waals surface area contributed by atoms with Crippen molar-refractivity contribution in [1.29, 1.82) is 5.26 Å². The van der Waals surface area contributed by atoms with Gasteiger partial charge < -0.3 is 4.57 Å². The highest BCUT2D eigenvalue weighted by Crippen LogP contribution is 2.19. The normalized spacial score (nSPS) is 12.5. The van der Waals surface area contributed by atoms with Crippen LogP contribution in [0.5, 0.6) is 0 Å². The van der Waals surface area contributed by atoms with Crippen LogP contribution in [0, 0.1) is 17.2 Å². The van der Waals surface area contributed by atoms with Crippen LogP contribution in [0.3, 0.4) is 0 Å². The summed E-state index contributed by atoms with van der Waals surface area (Å²) in [5, 5.41) is 9.97. The topological polar surface area (TPSA) is 41.6 Å².